The highest BCUT2D eigenvalue weighted by molar-refractivity contribution is 8.07. The van der Waals surface area contributed by atoms with Gasteiger partial charge in [-0.15, -0.1) is 11.3 Å². The van der Waals surface area contributed by atoms with Gasteiger partial charge in [-0.05, 0) is 43.9 Å². The summed E-state index contributed by atoms with van der Waals surface area (Å²) >= 11 is 3.31. The number of pyridine rings is 1. The first-order chi connectivity index (χ1) is 14.1. The van der Waals surface area contributed by atoms with E-state index < -0.39 is 0 Å². The van der Waals surface area contributed by atoms with Crippen LogP contribution in [0.25, 0.3) is 0 Å². The summed E-state index contributed by atoms with van der Waals surface area (Å²) in [5.74, 6) is 0.421. The van der Waals surface area contributed by atoms with E-state index in [9.17, 15) is 4.79 Å². The Hall–Kier alpha value is -2.44. The number of hydrogen-bond donors (Lipinski definition) is 1. The maximum Gasteiger partial charge on any atom is 0.257 e. The standard InChI is InChI=1S/C23H23N3OS2/c1-15-12-19(29-18-6-4-3-5-7-18)13-16(2)21(15)20-14-28-23(25-20)26-22(27)17-8-10-24-11-9-17/h4,6-15,21H,3,5H2,1-2H3,(H,25,26,27). The Morgan fingerprint density at radius 3 is 2.79 bits per heavy atom. The van der Waals surface area contributed by atoms with Crippen LogP contribution in [0.5, 0.6) is 0 Å². The van der Waals surface area contributed by atoms with Crippen LogP contribution in [0.15, 0.2) is 75.7 Å². The molecule has 1 amide bonds. The summed E-state index contributed by atoms with van der Waals surface area (Å²) in [7, 11) is 0. The Balaban J connectivity index is 1.45. The van der Waals surface area contributed by atoms with Crippen molar-refractivity contribution < 1.29 is 4.79 Å². The molecule has 0 spiro atoms. The summed E-state index contributed by atoms with van der Waals surface area (Å²) < 4.78 is 0. The van der Waals surface area contributed by atoms with Gasteiger partial charge in [0.1, 0.15) is 0 Å². The second-order valence-corrected chi connectivity index (χ2v) is 9.26. The molecule has 29 heavy (non-hydrogen) atoms. The van der Waals surface area contributed by atoms with Crippen LogP contribution in [-0.2, 0) is 0 Å². The fourth-order valence-electron chi connectivity index (χ4n) is 3.66. The number of hydrogen-bond acceptors (Lipinski definition) is 5. The van der Waals surface area contributed by atoms with Gasteiger partial charge >= 0.3 is 0 Å². The normalized spacial score (nSPS) is 21.2. The zero-order chi connectivity index (χ0) is 20.2. The summed E-state index contributed by atoms with van der Waals surface area (Å²) in [6, 6.07) is 3.39. The number of aromatic nitrogens is 2. The minimum Gasteiger partial charge on any atom is -0.298 e. The average Bonchev–Trinajstić information content (AvgIpc) is 3.17. The van der Waals surface area contributed by atoms with Crippen molar-refractivity contribution >= 4 is 34.1 Å². The highest BCUT2D eigenvalue weighted by Crippen LogP contribution is 2.42. The van der Waals surface area contributed by atoms with E-state index in [1.165, 1.54) is 26.7 Å². The lowest BCUT2D eigenvalue weighted by Crippen LogP contribution is -2.15. The van der Waals surface area contributed by atoms with Crippen molar-refractivity contribution in [3.8, 4) is 0 Å². The molecule has 4 nitrogen and oxygen atoms in total. The van der Waals surface area contributed by atoms with Crippen LogP contribution >= 0.6 is 23.1 Å². The van der Waals surface area contributed by atoms with Gasteiger partial charge in [0.05, 0.1) is 5.69 Å². The predicted octanol–water partition coefficient (Wildman–Crippen LogP) is 6.32. The number of thiazole rings is 1. The number of nitrogens with zero attached hydrogens (tertiary/aromatic N) is 2. The fraction of sp³-hybridized carbons (Fsp3) is 0.261. The largest absolute Gasteiger partial charge is 0.298 e. The second-order valence-electron chi connectivity index (χ2n) is 7.25. The molecule has 6 heteroatoms. The Morgan fingerprint density at radius 1 is 1.24 bits per heavy atom. The summed E-state index contributed by atoms with van der Waals surface area (Å²) in [5.41, 5.74) is 2.90. The lowest BCUT2D eigenvalue weighted by Gasteiger charge is -2.26. The van der Waals surface area contributed by atoms with Crippen molar-refractivity contribution in [2.45, 2.75) is 32.6 Å². The molecule has 2 heterocycles. The lowest BCUT2D eigenvalue weighted by atomic mass is 9.82. The zero-order valence-electron chi connectivity index (χ0n) is 16.5. The molecule has 0 bridgehead atoms. The maximum atomic E-state index is 12.4. The maximum absolute atomic E-state index is 12.4. The molecule has 0 aromatic carbocycles. The minimum absolute atomic E-state index is 0.162. The quantitative estimate of drug-likeness (QED) is 0.614. The van der Waals surface area contributed by atoms with Gasteiger partial charge in [-0.1, -0.05) is 48.6 Å². The van der Waals surface area contributed by atoms with E-state index in [4.69, 9.17) is 4.98 Å². The lowest BCUT2D eigenvalue weighted by molar-refractivity contribution is 0.102. The third kappa shape index (κ3) is 4.77. The van der Waals surface area contributed by atoms with E-state index in [-0.39, 0.29) is 11.8 Å². The predicted molar refractivity (Wildman–Crippen MR) is 122 cm³/mol. The third-order valence-corrected chi connectivity index (χ3v) is 6.82. The van der Waals surface area contributed by atoms with Crippen molar-refractivity contribution in [2.75, 3.05) is 5.32 Å². The van der Waals surface area contributed by atoms with Gasteiger partial charge in [0.25, 0.3) is 5.91 Å². The van der Waals surface area contributed by atoms with Crippen molar-refractivity contribution in [1.82, 2.24) is 9.97 Å². The Labute approximate surface area is 179 Å². The smallest absolute Gasteiger partial charge is 0.257 e. The molecule has 148 valence electrons. The molecular weight excluding hydrogens is 398 g/mol. The van der Waals surface area contributed by atoms with Gasteiger partial charge in [0.15, 0.2) is 5.13 Å². The number of rotatable bonds is 5. The van der Waals surface area contributed by atoms with Crippen molar-refractivity contribution in [2.24, 2.45) is 5.92 Å². The van der Waals surface area contributed by atoms with E-state index in [1.54, 1.807) is 24.5 Å². The first-order valence-electron chi connectivity index (χ1n) is 9.71. The molecule has 0 saturated heterocycles. The zero-order valence-corrected chi connectivity index (χ0v) is 18.1. The molecule has 0 fully saturated rings. The molecule has 2 unspecified atom stereocenters. The van der Waals surface area contributed by atoms with Crippen molar-refractivity contribution in [3.63, 3.8) is 0 Å². The average molecular weight is 422 g/mol. The molecule has 0 radical (unpaired) electrons. The molecule has 2 aromatic rings. The Morgan fingerprint density at radius 2 is 2.07 bits per heavy atom. The van der Waals surface area contributed by atoms with Crippen LogP contribution in [0.1, 0.15) is 48.7 Å². The number of thioether (sulfide) groups is 1. The number of carbonyl (C=O) groups is 1. The minimum atomic E-state index is -0.162. The van der Waals surface area contributed by atoms with Crippen LogP contribution in [0.4, 0.5) is 5.13 Å². The Bertz CT molecular complexity index is 1020. The highest BCUT2D eigenvalue weighted by Gasteiger charge is 2.26. The van der Waals surface area contributed by atoms with Crippen LogP contribution in [-0.4, -0.2) is 15.9 Å². The van der Waals surface area contributed by atoms with Crippen molar-refractivity contribution in [3.05, 3.63) is 86.9 Å². The molecule has 2 aromatic heterocycles. The van der Waals surface area contributed by atoms with Crippen molar-refractivity contribution in [1.29, 1.82) is 0 Å². The number of carbonyl (C=O) groups excluding carboxylic acids is 1. The van der Waals surface area contributed by atoms with Gasteiger partial charge < -0.3 is 0 Å². The highest BCUT2D eigenvalue weighted by atomic mass is 32.2. The molecule has 2 aliphatic rings. The number of nitrogens with one attached hydrogen (secondary N) is 1. The van der Waals surface area contributed by atoms with E-state index in [0.717, 1.165) is 18.5 Å². The van der Waals surface area contributed by atoms with E-state index in [1.807, 2.05) is 11.8 Å². The van der Waals surface area contributed by atoms with Crippen LogP contribution < -0.4 is 5.32 Å². The SMILES string of the molecule is CC1=CC(SC2=CCCC=C2)=CC(C)C1c1csc(NC(=O)c2ccncc2)n1. The number of anilines is 1. The van der Waals surface area contributed by atoms with Crippen LogP contribution in [0, 0.1) is 5.92 Å². The number of allylic oxidation sites excluding steroid dienone is 6. The molecule has 0 aliphatic heterocycles. The van der Waals surface area contributed by atoms with Gasteiger partial charge in [-0.25, -0.2) is 4.98 Å². The van der Waals surface area contributed by atoms with Crippen LogP contribution in [0.2, 0.25) is 0 Å². The summed E-state index contributed by atoms with van der Waals surface area (Å²) in [6.07, 6.45) is 16.9. The van der Waals surface area contributed by atoms with Gasteiger partial charge in [-0.3, -0.25) is 15.1 Å². The van der Waals surface area contributed by atoms with Gasteiger partial charge in [0.2, 0.25) is 0 Å². The molecule has 0 saturated carbocycles. The molecular formula is C23H23N3OS2. The molecule has 2 aliphatic carbocycles. The second kappa shape index (κ2) is 8.93. The van der Waals surface area contributed by atoms with E-state index in [2.05, 4.69) is 59.9 Å². The monoisotopic (exact) mass is 421 g/mol. The third-order valence-electron chi connectivity index (χ3n) is 5.01. The number of amides is 1. The summed E-state index contributed by atoms with van der Waals surface area (Å²) in [6.45, 7) is 4.41. The first-order valence-corrected chi connectivity index (χ1v) is 11.4. The van der Waals surface area contributed by atoms with Gasteiger partial charge in [0, 0.05) is 39.1 Å². The van der Waals surface area contributed by atoms with Gasteiger partial charge in [-0.2, -0.15) is 0 Å². The van der Waals surface area contributed by atoms with Crippen LogP contribution in [0.3, 0.4) is 0 Å². The topological polar surface area (TPSA) is 54.9 Å². The fourth-order valence-corrected chi connectivity index (χ4v) is 5.57. The van der Waals surface area contributed by atoms with E-state index >= 15 is 0 Å². The summed E-state index contributed by atoms with van der Waals surface area (Å²) in [4.78, 5) is 23.6. The summed E-state index contributed by atoms with van der Waals surface area (Å²) in [5, 5.41) is 5.58. The van der Waals surface area contributed by atoms with E-state index in [0.29, 0.717) is 16.6 Å². The molecule has 1 N–H and O–H groups in total. The molecule has 4 rings (SSSR count). The molecule has 2 atom stereocenters. The first kappa shape index (κ1) is 19.9. The Kier molecular flexibility index (Phi) is 6.11.